The summed E-state index contributed by atoms with van der Waals surface area (Å²) in [4.78, 5) is 28.9. The molecule has 2 aromatic carbocycles. The Morgan fingerprint density at radius 1 is 1.11 bits per heavy atom. The van der Waals surface area contributed by atoms with E-state index in [-0.39, 0.29) is 41.6 Å². The Morgan fingerprint density at radius 2 is 1.86 bits per heavy atom. The molecule has 6 nitrogen and oxygen atoms in total. The summed E-state index contributed by atoms with van der Waals surface area (Å²) in [6.07, 6.45) is 3.53. The largest absolute Gasteiger partial charge is 0.350 e. The fraction of sp³-hybridized carbons (Fsp3) is 0.269. The highest BCUT2D eigenvalue weighted by Gasteiger charge is 2.49. The van der Waals surface area contributed by atoms with Gasteiger partial charge in [-0.05, 0) is 67.4 Å². The number of halogens is 2. The molecule has 2 unspecified atom stereocenters. The smallest absolute Gasteiger partial charge is 0.232 e. The molecule has 35 heavy (non-hydrogen) atoms. The zero-order valence-electron chi connectivity index (χ0n) is 18.8. The number of hydrogen-bond acceptors (Lipinski definition) is 4. The summed E-state index contributed by atoms with van der Waals surface area (Å²) in [7, 11) is 0. The maximum Gasteiger partial charge on any atom is 0.232 e. The molecule has 2 amide bonds. The molecule has 2 aromatic heterocycles. The van der Waals surface area contributed by atoms with Crippen LogP contribution < -0.4 is 10.2 Å². The number of thiophene rings is 1. The van der Waals surface area contributed by atoms with E-state index in [1.54, 1.807) is 27.9 Å². The van der Waals surface area contributed by atoms with Crippen molar-refractivity contribution in [2.45, 2.75) is 31.8 Å². The maximum atomic E-state index is 13.6. The fourth-order valence-corrected chi connectivity index (χ4v) is 6.01. The monoisotopic (exact) mass is 508 g/mol. The molecular formula is C26H22ClFN4O2S. The van der Waals surface area contributed by atoms with Crippen molar-refractivity contribution in [1.29, 1.82) is 0 Å². The Kier molecular flexibility index (Phi) is 5.38. The van der Waals surface area contributed by atoms with Crippen LogP contribution in [0.2, 0.25) is 4.34 Å². The first kappa shape index (κ1) is 22.2. The molecule has 2 aliphatic rings. The van der Waals surface area contributed by atoms with E-state index in [1.807, 2.05) is 37.3 Å². The van der Waals surface area contributed by atoms with Crippen LogP contribution in [0.4, 0.5) is 10.1 Å². The van der Waals surface area contributed by atoms with E-state index in [9.17, 15) is 14.0 Å². The number of benzene rings is 2. The van der Waals surface area contributed by atoms with Gasteiger partial charge in [-0.2, -0.15) is 5.10 Å². The van der Waals surface area contributed by atoms with Crippen molar-refractivity contribution in [2.75, 3.05) is 4.90 Å². The van der Waals surface area contributed by atoms with Gasteiger partial charge in [0.1, 0.15) is 5.82 Å². The molecule has 0 radical (unpaired) electrons. The van der Waals surface area contributed by atoms with Gasteiger partial charge < -0.3 is 10.2 Å². The Morgan fingerprint density at radius 3 is 2.54 bits per heavy atom. The van der Waals surface area contributed by atoms with Gasteiger partial charge in [0.2, 0.25) is 11.8 Å². The lowest BCUT2D eigenvalue weighted by Crippen LogP contribution is -2.42. The second-order valence-corrected chi connectivity index (χ2v) is 10.9. The normalized spacial score (nSPS) is 22.2. The predicted molar refractivity (Wildman–Crippen MR) is 134 cm³/mol. The van der Waals surface area contributed by atoms with Crippen LogP contribution in [0.1, 0.15) is 30.7 Å². The lowest BCUT2D eigenvalue weighted by Gasteiger charge is -2.28. The molecule has 1 N–H and O–H groups in total. The third-order valence-electron chi connectivity index (χ3n) is 6.83. The SMILES string of the molecule is CC1C(=O)N(c2ccc3c(cnn3-c3ccc(F)cc3)c2)C(c2ccc(Cl)s2)[C@H]1NC(=O)C1CC1. The molecule has 4 aromatic rings. The van der Waals surface area contributed by atoms with Crippen LogP contribution in [-0.4, -0.2) is 27.6 Å². The Bertz CT molecular complexity index is 1450. The maximum absolute atomic E-state index is 13.6. The highest BCUT2D eigenvalue weighted by atomic mass is 35.5. The van der Waals surface area contributed by atoms with Gasteiger partial charge in [-0.3, -0.25) is 9.59 Å². The summed E-state index contributed by atoms with van der Waals surface area (Å²) in [6.45, 7) is 1.87. The van der Waals surface area contributed by atoms with Crippen LogP contribution in [-0.2, 0) is 9.59 Å². The van der Waals surface area contributed by atoms with Crippen molar-refractivity contribution in [1.82, 2.24) is 15.1 Å². The van der Waals surface area contributed by atoms with E-state index >= 15 is 0 Å². The Balaban J connectivity index is 1.40. The van der Waals surface area contributed by atoms with Crippen molar-refractivity contribution in [3.8, 4) is 5.69 Å². The van der Waals surface area contributed by atoms with E-state index in [0.717, 1.165) is 40.0 Å². The third kappa shape index (κ3) is 3.90. The molecule has 1 aliphatic heterocycles. The summed E-state index contributed by atoms with van der Waals surface area (Å²) in [6, 6.07) is 14.9. The Hall–Kier alpha value is -3.23. The summed E-state index contributed by atoms with van der Waals surface area (Å²) in [5, 5.41) is 8.49. The first-order valence-electron chi connectivity index (χ1n) is 11.5. The van der Waals surface area contributed by atoms with Gasteiger partial charge in [-0.15, -0.1) is 11.3 Å². The van der Waals surface area contributed by atoms with Crippen molar-refractivity contribution >= 4 is 51.3 Å². The van der Waals surface area contributed by atoms with Crippen LogP contribution in [0, 0.1) is 17.7 Å². The van der Waals surface area contributed by atoms with Gasteiger partial charge in [-0.1, -0.05) is 18.5 Å². The molecule has 0 spiro atoms. The molecule has 3 heterocycles. The second kappa shape index (κ2) is 8.46. The van der Waals surface area contributed by atoms with E-state index < -0.39 is 0 Å². The number of fused-ring (bicyclic) bond motifs is 1. The minimum Gasteiger partial charge on any atom is -0.350 e. The molecule has 178 valence electrons. The van der Waals surface area contributed by atoms with Crippen LogP contribution in [0.15, 0.2) is 60.8 Å². The summed E-state index contributed by atoms with van der Waals surface area (Å²) in [5.74, 6) is -0.683. The zero-order valence-corrected chi connectivity index (χ0v) is 20.4. The number of anilines is 1. The second-order valence-electron chi connectivity index (χ2n) is 9.17. The van der Waals surface area contributed by atoms with Gasteiger partial charge in [0, 0.05) is 21.9 Å². The fourth-order valence-electron chi connectivity index (χ4n) is 4.81. The van der Waals surface area contributed by atoms with Crippen molar-refractivity contribution in [3.63, 3.8) is 0 Å². The topological polar surface area (TPSA) is 67.2 Å². The first-order chi connectivity index (χ1) is 16.9. The summed E-state index contributed by atoms with van der Waals surface area (Å²) < 4.78 is 15.7. The van der Waals surface area contributed by atoms with Gasteiger partial charge in [-0.25, -0.2) is 9.07 Å². The van der Waals surface area contributed by atoms with Crippen LogP contribution in [0.3, 0.4) is 0 Å². The summed E-state index contributed by atoms with van der Waals surface area (Å²) >= 11 is 7.68. The highest BCUT2D eigenvalue weighted by molar-refractivity contribution is 7.16. The molecule has 1 saturated carbocycles. The van der Waals surface area contributed by atoms with E-state index in [1.165, 1.54) is 23.5 Å². The molecule has 2 fully saturated rings. The van der Waals surface area contributed by atoms with Crippen molar-refractivity contribution in [2.24, 2.45) is 11.8 Å². The van der Waals surface area contributed by atoms with E-state index in [4.69, 9.17) is 11.6 Å². The van der Waals surface area contributed by atoms with E-state index in [0.29, 0.717) is 4.34 Å². The lowest BCUT2D eigenvalue weighted by atomic mass is 9.98. The third-order valence-corrected chi connectivity index (χ3v) is 8.13. The molecule has 1 saturated heterocycles. The quantitative estimate of drug-likeness (QED) is 0.387. The number of carbonyl (C=O) groups is 2. The lowest BCUT2D eigenvalue weighted by molar-refractivity contribution is -0.123. The van der Waals surface area contributed by atoms with Gasteiger partial charge >= 0.3 is 0 Å². The number of nitrogens with zero attached hydrogens (tertiary/aromatic N) is 3. The number of amides is 2. The standard InChI is InChI=1S/C26H22ClFN4O2S/c1-14-23(30-25(33)15-2-3-15)24(21-10-11-22(27)35-21)31(26(14)34)19-8-9-20-16(12-19)13-29-32(20)18-6-4-17(28)5-7-18/h4-15,23-24H,2-3H2,1H3,(H,30,33)/t14?,23-,24?/m0/s1. The number of rotatable bonds is 5. The molecule has 6 rings (SSSR count). The zero-order chi connectivity index (χ0) is 24.3. The number of aromatic nitrogens is 2. The molecule has 1 aliphatic carbocycles. The summed E-state index contributed by atoms with van der Waals surface area (Å²) in [5.41, 5.74) is 2.31. The van der Waals surface area contributed by atoms with Crippen LogP contribution in [0.25, 0.3) is 16.6 Å². The average molecular weight is 509 g/mol. The predicted octanol–water partition coefficient (Wildman–Crippen LogP) is 5.50. The number of hydrogen-bond donors (Lipinski definition) is 1. The number of carbonyl (C=O) groups excluding carboxylic acids is 2. The van der Waals surface area contributed by atoms with Gasteiger partial charge in [0.05, 0.1) is 39.7 Å². The van der Waals surface area contributed by atoms with Crippen molar-refractivity contribution in [3.05, 3.63) is 75.8 Å². The Labute approximate surface area is 210 Å². The van der Waals surface area contributed by atoms with Gasteiger partial charge in [0.15, 0.2) is 0 Å². The van der Waals surface area contributed by atoms with Crippen LogP contribution in [0.5, 0.6) is 0 Å². The van der Waals surface area contributed by atoms with E-state index in [2.05, 4.69) is 10.4 Å². The number of nitrogens with one attached hydrogen (secondary N) is 1. The van der Waals surface area contributed by atoms with Crippen LogP contribution >= 0.6 is 22.9 Å². The molecule has 0 bridgehead atoms. The van der Waals surface area contributed by atoms with Crippen molar-refractivity contribution < 1.29 is 14.0 Å². The average Bonchev–Trinajstić information content (AvgIpc) is 3.42. The first-order valence-corrected chi connectivity index (χ1v) is 12.7. The molecule has 9 heteroatoms. The van der Waals surface area contributed by atoms with Gasteiger partial charge in [0.25, 0.3) is 0 Å². The highest BCUT2D eigenvalue weighted by Crippen LogP contribution is 2.44. The minimum absolute atomic E-state index is 0.0141. The molecule has 3 atom stereocenters. The minimum atomic E-state index is -0.388. The molecular weight excluding hydrogens is 487 g/mol.